The third kappa shape index (κ3) is 7.40. The SMILES string of the molecule is CCNC(=NCc1ccc(C)cc1OCC1CCOC1)NCC1CCCO1.I. The van der Waals surface area contributed by atoms with Crippen LogP contribution in [0.3, 0.4) is 0 Å². The highest BCUT2D eigenvalue weighted by atomic mass is 127. The van der Waals surface area contributed by atoms with E-state index >= 15 is 0 Å². The van der Waals surface area contributed by atoms with Gasteiger partial charge in [-0.05, 0) is 44.7 Å². The van der Waals surface area contributed by atoms with Crippen LogP contribution >= 0.6 is 24.0 Å². The molecule has 1 aromatic rings. The third-order valence-electron chi connectivity index (χ3n) is 4.99. The molecular weight excluding hydrogens is 469 g/mol. The molecule has 2 atom stereocenters. The van der Waals surface area contributed by atoms with Crippen molar-refractivity contribution >= 4 is 29.9 Å². The van der Waals surface area contributed by atoms with Crippen LogP contribution in [0.25, 0.3) is 0 Å². The quantitative estimate of drug-likeness (QED) is 0.324. The number of rotatable bonds is 8. The number of hydrogen-bond donors (Lipinski definition) is 2. The second-order valence-corrected chi connectivity index (χ2v) is 7.36. The average molecular weight is 503 g/mol. The van der Waals surface area contributed by atoms with Gasteiger partial charge in [0.25, 0.3) is 0 Å². The summed E-state index contributed by atoms with van der Waals surface area (Å²) >= 11 is 0. The molecule has 2 N–H and O–H groups in total. The molecule has 6 nitrogen and oxygen atoms in total. The van der Waals surface area contributed by atoms with Gasteiger partial charge in [-0.2, -0.15) is 0 Å². The van der Waals surface area contributed by atoms with E-state index in [-0.39, 0.29) is 24.0 Å². The van der Waals surface area contributed by atoms with Crippen LogP contribution in [0.4, 0.5) is 0 Å². The van der Waals surface area contributed by atoms with E-state index in [4.69, 9.17) is 19.2 Å². The van der Waals surface area contributed by atoms with Gasteiger partial charge >= 0.3 is 0 Å². The van der Waals surface area contributed by atoms with Crippen LogP contribution in [0.2, 0.25) is 0 Å². The van der Waals surface area contributed by atoms with Crippen LogP contribution in [-0.2, 0) is 16.0 Å². The highest BCUT2D eigenvalue weighted by Gasteiger charge is 2.17. The lowest BCUT2D eigenvalue weighted by Crippen LogP contribution is -2.41. The van der Waals surface area contributed by atoms with Crippen molar-refractivity contribution < 1.29 is 14.2 Å². The van der Waals surface area contributed by atoms with Gasteiger partial charge in [0, 0.05) is 37.8 Å². The molecule has 2 saturated heterocycles. The van der Waals surface area contributed by atoms with Gasteiger partial charge in [-0.3, -0.25) is 0 Å². The van der Waals surface area contributed by atoms with Crippen LogP contribution in [0.15, 0.2) is 23.2 Å². The largest absolute Gasteiger partial charge is 0.493 e. The van der Waals surface area contributed by atoms with E-state index < -0.39 is 0 Å². The zero-order chi connectivity index (χ0) is 18.9. The normalized spacial score (nSPS) is 22.0. The second kappa shape index (κ2) is 12.5. The molecule has 7 heteroatoms. The van der Waals surface area contributed by atoms with E-state index in [0.717, 1.165) is 69.4 Å². The fourth-order valence-corrected chi connectivity index (χ4v) is 3.37. The van der Waals surface area contributed by atoms with Gasteiger partial charge in [-0.15, -0.1) is 24.0 Å². The maximum atomic E-state index is 6.13. The van der Waals surface area contributed by atoms with E-state index in [0.29, 0.717) is 25.2 Å². The van der Waals surface area contributed by atoms with Crippen molar-refractivity contribution in [1.82, 2.24) is 10.6 Å². The van der Waals surface area contributed by atoms with E-state index in [1.807, 2.05) is 0 Å². The van der Waals surface area contributed by atoms with Crippen LogP contribution in [-0.4, -0.2) is 51.6 Å². The van der Waals surface area contributed by atoms with E-state index in [9.17, 15) is 0 Å². The highest BCUT2D eigenvalue weighted by Crippen LogP contribution is 2.23. The Kier molecular flexibility index (Phi) is 10.4. The number of aryl methyl sites for hydroxylation is 1. The second-order valence-electron chi connectivity index (χ2n) is 7.36. The Labute approximate surface area is 185 Å². The summed E-state index contributed by atoms with van der Waals surface area (Å²) in [5.74, 6) is 2.25. The first-order valence-corrected chi connectivity index (χ1v) is 10.2. The lowest BCUT2D eigenvalue weighted by Gasteiger charge is -2.16. The van der Waals surface area contributed by atoms with Crippen molar-refractivity contribution in [3.8, 4) is 5.75 Å². The summed E-state index contributed by atoms with van der Waals surface area (Å²) in [5, 5.41) is 6.71. The Hall–Kier alpha value is -1.06. The number of hydrogen-bond acceptors (Lipinski definition) is 4. The van der Waals surface area contributed by atoms with Gasteiger partial charge < -0.3 is 24.8 Å². The number of halogens is 1. The molecule has 158 valence electrons. The molecule has 3 rings (SSSR count). The maximum Gasteiger partial charge on any atom is 0.191 e. The Morgan fingerprint density at radius 2 is 2.14 bits per heavy atom. The fourth-order valence-electron chi connectivity index (χ4n) is 3.37. The summed E-state index contributed by atoms with van der Waals surface area (Å²) in [6.45, 7) is 9.60. The number of ether oxygens (including phenoxy) is 3. The summed E-state index contributed by atoms with van der Waals surface area (Å²) in [4.78, 5) is 4.75. The van der Waals surface area contributed by atoms with Crippen molar-refractivity contribution in [2.75, 3.05) is 39.5 Å². The predicted octanol–water partition coefficient (Wildman–Crippen LogP) is 3.26. The van der Waals surface area contributed by atoms with Crippen LogP contribution in [0.1, 0.15) is 37.3 Å². The molecule has 2 unspecified atom stereocenters. The Morgan fingerprint density at radius 3 is 2.86 bits per heavy atom. The fraction of sp³-hybridized carbons (Fsp3) is 0.667. The van der Waals surface area contributed by atoms with Gasteiger partial charge in [0.05, 0.1) is 25.9 Å². The molecule has 0 amide bonds. The molecule has 0 saturated carbocycles. The summed E-state index contributed by atoms with van der Waals surface area (Å²) in [7, 11) is 0. The first-order valence-electron chi connectivity index (χ1n) is 10.2. The molecule has 28 heavy (non-hydrogen) atoms. The monoisotopic (exact) mass is 503 g/mol. The standard InChI is InChI=1S/C21H33N3O3.HI/c1-3-22-21(24-13-19-5-4-9-26-19)23-12-18-7-6-16(2)11-20(18)27-15-17-8-10-25-14-17;/h6-7,11,17,19H,3-5,8-10,12-15H2,1-2H3,(H2,22,23,24);1H. The lowest BCUT2D eigenvalue weighted by molar-refractivity contribution is 0.114. The van der Waals surface area contributed by atoms with E-state index in [2.05, 4.69) is 42.7 Å². The molecule has 2 aliphatic heterocycles. The Balaban J connectivity index is 0.00000280. The number of benzene rings is 1. The maximum absolute atomic E-state index is 6.13. The number of aliphatic imine (C=N–C) groups is 1. The minimum absolute atomic E-state index is 0. The molecule has 0 radical (unpaired) electrons. The molecule has 2 heterocycles. The van der Waals surface area contributed by atoms with E-state index in [1.54, 1.807) is 0 Å². The summed E-state index contributed by atoms with van der Waals surface area (Å²) < 4.78 is 17.3. The topological polar surface area (TPSA) is 64.1 Å². The minimum atomic E-state index is 0. The van der Waals surface area contributed by atoms with Crippen molar-refractivity contribution in [2.24, 2.45) is 10.9 Å². The molecule has 1 aromatic carbocycles. The van der Waals surface area contributed by atoms with E-state index in [1.165, 1.54) is 5.56 Å². The van der Waals surface area contributed by atoms with Gasteiger partial charge in [0.1, 0.15) is 5.75 Å². The molecule has 2 aliphatic rings. The molecule has 0 bridgehead atoms. The molecular formula is C21H34IN3O3. The third-order valence-corrected chi connectivity index (χ3v) is 4.99. The summed E-state index contributed by atoms with van der Waals surface area (Å²) in [5.41, 5.74) is 2.30. The van der Waals surface area contributed by atoms with Gasteiger partial charge in [-0.25, -0.2) is 4.99 Å². The summed E-state index contributed by atoms with van der Waals surface area (Å²) in [6, 6.07) is 6.33. The van der Waals surface area contributed by atoms with Crippen molar-refractivity contribution in [1.29, 1.82) is 0 Å². The molecule has 0 spiro atoms. The predicted molar refractivity (Wildman–Crippen MR) is 123 cm³/mol. The average Bonchev–Trinajstić information content (AvgIpc) is 3.37. The van der Waals surface area contributed by atoms with Crippen molar-refractivity contribution in [3.05, 3.63) is 29.3 Å². The van der Waals surface area contributed by atoms with Gasteiger partial charge in [0.15, 0.2) is 5.96 Å². The Bertz CT molecular complexity index is 615. The number of nitrogens with zero attached hydrogens (tertiary/aromatic N) is 1. The smallest absolute Gasteiger partial charge is 0.191 e. The molecule has 0 aliphatic carbocycles. The molecule has 0 aromatic heterocycles. The van der Waals surface area contributed by atoms with Crippen LogP contribution < -0.4 is 15.4 Å². The number of guanidine groups is 1. The highest BCUT2D eigenvalue weighted by molar-refractivity contribution is 14.0. The zero-order valence-corrected chi connectivity index (χ0v) is 19.4. The van der Waals surface area contributed by atoms with Crippen LogP contribution in [0.5, 0.6) is 5.75 Å². The van der Waals surface area contributed by atoms with Crippen molar-refractivity contribution in [3.63, 3.8) is 0 Å². The Morgan fingerprint density at radius 1 is 1.25 bits per heavy atom. The minimum Gasteiger partial charge on any atom is -0.493 e. The number of nitrogens with one attached hydrogen (secondary N) is 2. The first-order chi connectivity index (χ1) is 13.2. The first kappa shape index (κ1) is 23.2. The van der Waals surface area contributed by atoms with Gasteiger partial charge in [0.2, 0.25) is 0 Å². The zero-order valence-electron chi connectivity index (χ0n) is 17.0. The van der Waals surface area contributed by atoms with Crippen LogP contribution in [0, 0.1) is 12.8 Å². The molecule has 2 fully saturated rings. The lowest BCUT2D eigenvalue weighted by atomic mass is 10.1. The summed E-state index contributed by atoms with van der Waals surface area (Å²) in [6.07, 6.45) is 3.64. The van der Waals surface area contributed by atoms with Gasteiger partial charge in [-0.1, -0.05) is 12.1 Å². The van der Waals surface area contributed by atoms with Crippen molar-refractivity contribution in [2.45, 2.75) is 45.8 Å².